The summed E-state index contributed by atoms with van der Waals surface area (Å²) >= 11 is 11.8. The van der Waals surface area contributed by atoms with Crippen LogP contribution in [-0.4, -0.2) is 46.2 Å². The van der Waals surface area contributed by atoms with Crippen LogP contribution < -0.4 is 15.4 Å². The second-order valence-electron chi connectivity index (χ2n) is 8.63. The van der Waals surface area contributed by atoms with Gasteiger partial charge in [-0.25, -0.2) is 0 Å². The van der Waals surface area contributed by atoms with Crippen LogP contribution in [0.25, 0.3) is 0 Å². The summed E-state index contributed by atoms with van der Waals surface area (Å²) in [6.45, 7) is 3.38. The van der Waals surface area contributed by atoms with Crippen LogP contribution in [0.3, 0.4) is 0 Å². The average Bonchev–Trinajstić information content (AvgIpc) is 2.71. The Kier molecular flexibility index (Phi) is 7.98. The molecule has 0 aliphatic heterocycles. The van der Waals surface area contributed by atoms with Gasteiger partial charge in [-0.1, -0.05) is 23.2 Å². The maximum atomic E-state index is 12.5. The lowest BCUT2D eigenvalue weighted by Crippen LogP contribution is -2.54. The lowest BCUT2D eigenvalue weighted by Gasteiger charge is -2.36. The van der Waals surface area contributed by atoms with Gasteiger partial charge in [-0.15, -0.1) is 0 Å². The molecule has 0 atom stereocenters. The van der Waals surface area contributed by atoms with E-state index in [4.69, 9.17) is 27.9 Å². The normalized spacial score (nSPS) is 17.9. The standard InChI is InChI=1S/C23H27Cl2N3O4/c1-23(2,31)7-5-14-6-8-26-20(9-14)22(30)28-16-10-15(11-16)27-21(29)13-32-17-3-4-18(24)19(25)12-17/h3-4,6,8-9,12,15-16,31H,5,7,10-11,13H2,1-2H3,(H,27,29)(H,28,30). The fraction of sp³-hybridized carbons (Fsp3) is 0.435. The lowest BCUT2D eigenvalue weighted by molar-refractivity contribution is -0.124. The van der Waals surface area contributed by atoms with E-state index in [0.717, 1.165) is 5.56 Å². The zero-order valence-electron chi connectivity index (χ0n) is 18.0. The van der Waals surface area contributed by atoms with E-state index in [0.29, 0.717) is 47.2 Å². The van der Waals surface area contributed by atoms with E-state index in [1.165, 1.54) is 0 Å². The van der Waals surface area contributed by atoms with Gasteiger partial charge in [0, 0.05) is 24.3 Å². The van der Waals surface area contributed by atoms with E-state index in [-0.39, 0.29) is 30.5 Å². The molecule has 1 aliphatic rings. The first-order valence-corrected chi connectivity index (χ1v) is 11.2. The van der Waals surface area contributed by atoms with Gasteiger partial charge in [-0.2, -0.15) is 0 Å². The number of hydrogen-bond acceptors (Lipinski definition) is 5. The van der Waals surface area contributed by atoms with Gasteiger partial charge in [-0.3, -0.25) is 14.6 Å². The van der Waals surface area contributed by atoms with Crippen LogP contribution in [-0.2, 0) is 11.2 Å². The number of hydrogen-bond donors (Lipinski definition) is 3. The quantitative estimate of drug-likeness (QED) is 0.510. The zero-order valence-corrected chi connectivity index (χ0v) is 19.5. The van der Waals surface area contributed by atoms with Crippen LogP contribution in [0.5, 0.6) is 5.75 Å². The van der Waals surface area contributed by atoms with Crippen LogP contribution in [0.1, 0.15) is 49.2 Å². The third-order valence-electron chi connectivity index (χ3n) is 5.18. The number of carbonyl (C=O) groups excluding carboxylic acids is 2. The molecule has 2 amide bonds. The molecule has 1 saturated carbocycles. The Bertz CT molecular complexity index is 972. The van der Waals surface area contributed by atoms with Gasteiger partial charge in [0.25, 0.3) is 11.8 Å². The van der Waals surface area contributed by atoms with Gasteiger partial charge in [0.2, 0.25) is 0 Å². The first-order valence-electron chi connectivity index (χ1n) is 10.4. The van der Waals surface area contributed by atoms with Crippen LogP contribution >= 0.6 is 23.2 Å². The van der Waals surface area contributed by atoms with Gasteiger partial charge < -0.3 is 20.5 Å². The van der Waals surface area contributed by atoms with E-state index in [9.17, 15) is 14.7 Å². The molecule has 3 N–H and O–H groups in total. The van der Waals surface area contributed by atoms with Crippen molar-refractivity contribution in [3.63, 3.8) is 0 Å². The molecule has 7 nitrogen and oxygen atoms in total. The molecule has 1 heterocycles. The fourth-order valence-corrected chi connectivity index (χ4v) is 3.59. The van der Waals surface area contributed by atoms with E-state index < -0.39 is 5.60 Å². The summed E-state index contributed by atoms with van der Waals surface area (Å²) in [5.74, 6) is -0.0227. The van der Waals surface area contributed by atoms with Crippen molar-refractivity contribution in [3.8, 4) is 5.75 Å². The highest BCUT2D eigenvalue weighted by Gasteiger charge is 2.32. The number of rotatable bonds is 9. The maximum absolute atomic E-state index is 12.5. The molecule has 1 aromatic heterocycles. The number of benzene rings is 1. The summed E-state index contributed by atoms with van der Waals surface area (Å²) < 4.78 is 5.43. The summed E-state index contributed by atoms with van der Waals surface area (Å²) in [7, 11) is 0. The highest BCUT2D eigenvalue weighted by atomic mass is 35.5. The Labute approximate surface area is 197 Å². The molecule has 3 rings (SSSR count). The molecule has 0 radical (unpaired) electrons. The van der Waals surface area contributed by atoms with Crippen molar-refractivity contribution in [3.05, 3.63) is 57.8 Å². The molecule has 0 bridgehead atoms. The lowest BCUT2D eigenvalue weighted by atomic mass is 9.86. The van der Waals surface area contributed by atoms with Gasteiger partial charge in [0.05, 0.1) is 15.6 Å². The first kappa shape index (κ1) is 24.3. The van der Waals surface area contributed by atoms with Crippen molar-refractivity contribution in [2.45, 2.75) is 57.2 Å². The Hall–Kier alpha value is -2.35. The number of pyridine rings is 1. The minimum Gasteiger partial charge on any atom is -0.484 e. The molecular formula is C23H27Cl2N3O4. The number of nitrogens with zero attached hydrogens (tertiary/aromatic N) is 1. The number of amides is 2. The van der Waals surface area contributed by atoms with E-state index >= 15 is 0 Å². The highest BCUT2D eigenvalue weighted by molar-refractivity contribution is 6.42. The van der Waals surface area contributed by atoms with E-state index in [1.54, 1.807) is 44.3 Å². The Morgan fingerprint density at radius 2 is 1.84 bits per heavy atom. The molecule has 9 heteroatoms. The van der Waals surface area contributed by atoms with Gasteiger partial charge in [-0.05, 0) is 69.4 Å². The molecule has 1 fully saturated rings. The predicted molar refractivity (Wildman–Crippen MR) is 123 cm³/mol. The van der Waals surface area contributed by atoms with Crippen LogP contribution in [0, 0.1) is 0 Å². The van der Waals surface area contributed by atoms with Crippen molar-refractivity contribution in [2.24, 2.45) is 0 Å². The van der Waals surface area contributed by atoms with Gasteiger partial charge in [0.15, 0.2) is 6.61 Å². The van der Waals surface area contributed by atoms with Crippen LogP contribution in [0.15, 0.2) is 36.5 Å². The van der Waals surface area contributed by atoms with Gasteiger partial charge in [0.1, 0.15) is 11.4 Å². The zero-order chi connectivity index (χ0) is 23.3. The van der Waals surface area contributed by atoms with Gasteiger partial charge >= 0.3 is 0 Å². The summed E-state index contributed by atoms with van der Waals surface area (Å²) in [6, 6.07) is 8.36. The smallest absolute Gasteiger partial charge is 0.270 e. The monoisotopic (exact) mass is 479 g/mol. The summed E-state index contributed by atoms with van der Waals surface area (Å²) in [5, 5.41) is 16.5. The fourth-order valence-electron chi connectivity index (χ4n) is 3.30. The van der Waals surface area contributed by atoms with Crippen LogP contribution in [0.2, 0.25) is 10.0 Å². The summed E-state index contributed by atoms with van der Waals surface area (Å²) in [4.78, 5) is 28.7. The van der Waals surface area contributed by atoms with Crippen molar-refractivity contribution in [1.82, 2.24) is 15.6 Å². The third-order valence-corrected chi connectivity index (χ3v) is 5.92. The number of carbonyl (C=O) groups is 2. The number of aryl methyl sites for hydroxylation is 1. The minimum absolute atomic E-state index is 0.0173. The van der Waals surface area contributed by atoms with Crippen molar-refractivity contribution < 1.29 is 19.4 Å². The first-order chi connectivity index (χ1) is 15.1. The second-order valence-corrected chi connectivity index (χ2v) is 9.45. The Morgan fingerprint density at radius 1 is 1.12 bits per heavy atom. The van der Waals surface area contributed by atoms with Crippen LogP contribution in [0.4, 0.5) is 0 Å². The predicted octanol–water partition coefficient (Wildman–Crippen LogP) is 3.55. The van der Waals surface area contributed by atoms with Crippen molar-refractivity contribution in [2.75, 3.05) is 6.61 Å². The molecule has 172 valence electrons. The molecule has 2 aromatic rings. The second kappa shape index (κ2) is 10.5. The molecular weight excluding hydrogens is 453 g/mol. The molecule has 0 saturated heterocycles. The molecule has 1 aliphatic carbocycles. The topological polar surface area (TPSA) is 101 Å². The summed E-state index contributed by atoms with van der Waals surface area (Å²) in [5.41, 5.74) is 0.540. The SMILES string of the molecule is CC(C)(O)CCc1ccnc(C(=O)NC2CC(NC(=O)COc3ccc(Cl)c(Cl)c3)C2)c1. The minimum atomic E-state index is -0.760. The molecule has 0 spiro atoms. The highest BCUT2D eigenvalue weighted by Crippen LogP contribution is 2.26. The number of aliphatic hydroxyl groups is 1. The summed E-state index contributed by atoms with van der Waals surface area (Å²) in [6.07, 6.45) is 4.14. The van der Waals surface area contributed by atoms with E-state index in [2.05, 4.69) is 15.6 Å². The number of halogens is 2. The maximum Gasteiger partial charge on any atom is 0.270 e. The van der Waals surface area contributed by atoms with E-state index in [1.807, 2.05) is 6.07 Å². The third kappa shape index (κ3) is 7.36. The van der Waals surface area contributed by atoms with Crippen molar-refractivity contribution in [1.29, 1.82) is 0 Å². The average molecular weight is 480 g/mol. The molecule has 1 aromatic carbocycles. The number of nitrogens with one attached hydrogen (secondary N) is 2. The largest absolute Gasteiger partial charge is 0.484 e. The number of aromatic nitrogens is 1. The number of ether oxygens (including phenoxy) is 1. The molecule has 32 heavy (non-hydrogen) atoms. The Balaban J connectivity index is 1.38. The van der Waals surface area contributed by atoms with Crippen molar-refractivity contribution >= 4 is 35.0 Å². The Morgan fingerprint density at radius 3 is 2.53 bits per heavy atom. The molecule has 0 unspecified atom stereocenters.